The normalized spacial score (nSPS) is 31.7. The van der Waals surface area contributed by atoms with Crippen molar-refractivity contribution in [3.63, 3.8) is 0 Å². The van der Waals surface area contributed by atoms with E-state index in [0.29, 0.717) is 5.88 Å². The fourth-order valence-corrected chi connectivity index (χ4v) is 2.55. The minimum absolute atomic E-state index is 0.126. The topological polar surface area (TPSA) is 18.5 Å². The molecule has 0 amide bonds. The van der Waals surface area contributed by atoms with Crippen molar-refractivity contribution in [1.29, 1.82) is 0 Å². The molecule has 0 spiro atoms. The van der Waals surface area contributed by atoms with E-state index in [2.05, 4.69) is 26.0 Å². The fourth-order valence-electron chi connectivity index (χ4n) is 2.36. The van der Waals surface area contributed by atoms with Gasteiger partial charge >= 0.3 is 0 Å². The molecule has 2 rings (SSSR count). The van der Waals surface area contributed by atoms with E-state index in [1.807, 2.05) is 18.2 Å². The predicted octanol–water partition coefficient (Wildman–Crippen LogP) is 4.07. The summed E-state index contributed by atoms with van der Waals surface area (Å²) in [5.74, 6) is 0.113. The van der Waals surface area contributed by atoms with Crippen LogP contribution in [0.4, 0.5) is 0 Å². The minimum atomic E-state index is -0.577. The molecular weight excluding hydrogens is 248 g/mol. The van der Waals surface area contributed by atoms with Gasteiger partial charge in [0, 0.05) is 17.9 Å². The van der Waals surface area contributed by atoms with Crippen LogP contribution in [0.1, 0.15) is 38.7 Å². The van der Waals surface area contributed by atoms with Gasteiger partial charge in [0.15, 0.2) is 5.79 Å². The zero-order chi connectivity index (χ0) is 13.0. The van der Waals surface area contributed by atoms with Gasteiger partial charge in [-0.3, -0.25) is 0 Å². The van der Waals surface area contributed by atoms with Crippen LogP contribution in [0.15, 0.2) is 30.3 Å². The lowest BCUT2D eigenvalue weighted by molar-refractivity contribution is -0.187. The molecule has 0 saturated carbocycles. The van der Waals surface area contributed by atoms with E-state index in [-0.39, 0.29) is 12.2 Å². The summed E-state index contributed by atoms with van der Waals surface area (Å²) in [6.07, 6.45) is 3.12. The smallest absolute Gasteiger partial charge is 0.195 e. The second-order valence-corrected chi connectivity index (χ2v) is 5.29. The standard InChI is InChI=1S/C15H21ClO2/c1-12-13(2)18-15(17-12,10-6-7-11-16)14-8-4-3-5-9-14/h3-5,8-9,12-13H,6-7,10-11H2,1-2H3. The van der Waals surface area contributed by atoms with Crippen LogP contribution in [0, 0.1) is 0 Å². The lowest BCUT2D eigenvalue weighted by Crippen LogP contribution is -2.28. The summed E-state index contributed by atoms with van der Waals surface area (Å²) in [5, 5.41) is 0. The second kappa shape index (κ2) is 6.05. The largest absolute Gasteiger partial charge is 0.340 e. The Bertz CT molecular complexity index is 356. The molecule has 1 aromatic carbocycles. The molecule has 18 heavy (non-hydrogen) atoms. The molecule has 0 radical (unpaired) electrons. The van der Waals surface area contributed by atoms with Crippen molar-refractivity contribution in [2.45, 2.75) is 51.1 Å². The summed E-state index contributed by atoms with van der Waals surface area (Å²) in [6.45, 7) is 4.13. The third-order valence-corrected chi connectivity index (χ3v) is 3.78. The molecule has 100 valence electrons. The molecule has 0 bridgehead atoms. The number of alkyl halides is 1. The number of ether oxygens (including phenoxy) is 2. The fraction of sp³-hybridized carbons (Fsp3) is 0.600. The lowest BCUT2D eigenvalue weighted by atomic mass is 10.00. The molecule has 2 atom stereocenters. The van der Waals surface area contributed by atoms with Crippen molar-refractivity contribution in [3.8, 4) is 0 Å². The van der Waals surface area contributed by atoms with Crippen LogP contribution in [0.5, 0.6) is 0 Å². The van der Waals surface area contributed by atoms with Crippen molar-refractivity contribution in [3.05, 3.63) is 35.9 Å². The summed E-state index contributed by atoms with van der Waals surface area (Å²) in [5.41, 5.74) is 1.11. The van der Waals surface area contributed by atoms with Gasteiger partial charge in [-0.05, 0) is 26.7 Å². The average molecular weight is 269 g/mol. The van der Waals surface area contributed by atoms with Crippen LogP contribution in [0.2, 0.25) is 0 Å². The average Bonchev–Trinajstić information content (AvgIpc) is 2.68. The first-order valence-electron chi connectivity index (χ1n) is 6.65. The molecule has 1 saturated heterocycles. The SMILES string of the molecule is CC1OC(CCCCCl)(c2ccccc2)OC1C. The van der Waals surface area contributed by atoms with Gasteiger partial charge in [-0.2, -0.15) is 0 Å². The maximum Gasteiger partial charge on any atom is 0.195 e. The Morgan fingerprint density at radius 3 is 2.22 bits per heavy atom. The monoisotopic (exact) mass is 268 g/mol. The maximum atomic E-state index is 6.13. The Morgan fingerprint density at radius 2 is 1.67 bits per heavy atom. The molecule has 3 heteroatoms. The van der Waals surface area contributed by atoms with Crippen LogP contribution in [0.3, 0.4) is 0 Å². The van der Waals surface area contributed by atoms with Crippen LogP contribution in [-0.2, 0) is 15.3 Å². The molecule has 0 N–H and O–H groups in total. The van der Waals surface area contributed by atoms with Crippen LogP contribution in [0.25, 0.3) is 0 Å². The molecular formula is C15H21ClO2. The summed E-state index contributed by atoms with van der Waals surface area (Å²) < 4.78 is 12.3. The maximum absolute atomic E-state index is 6.13. The van der Waals surface area contributed by atoms with E-state index in [4.69, 9.17) is 21.1 Å². The van der Waals surface area contributed by atoms with E-state index < -0.39 is 5.79 Å². The second-order valence-electron chi connectivity index (χ2n) is 4.91. The summed E-state index contributed by atoms with van der Waals surface area (Å²) >= 11 is 5.75. The highest BCUT2D eigenvalue weighted by Crippen LogP contribution is 2.41. The third-order valence-electron chi connectivity index (χ3n) is 3.52. The molecule has 1 heterocycles. The highest BCUT2D eigenvalue weighted by atomic mass is 35.5. The summed E-state index contributed by atoms with van der Waals surface area (Å²) in [7, 11) is 0. The summed E-state index contributed by atoms with van der Waals surface area (Å²) in [4.78, 5) is 0. The number of hydrogen-bond acceptors (Lipinski definition) is 2. The quantitative estimate of drug-likeness (QED) is 0.592. The van der Waals surface area contributed by atoms with Crippen molar-refractivity contribution in [2.24, 2.45) is 0 Å². The van der Waals surface area contributed by atoms with Gasteiger partial charge in [0.25, 0.3) is 0 Å². The molecule has 1 aliphatic heterocycles. The van der Waals surface area contributed by atoms with Gasteiger partial charge < -0.3 is 9.47 Å². The Kier molecular flexibility index (Phi) is 4.66. The molecule has 1 aliphatic rings. The van der Waals surface area contributed by atoms with Crippen molar-refractivity contribution in [2.75, 3.05) is 5.88 Å². The molecule has 1 aromatic rings. The zero-order valence-corrected chi connectivity index (χ0v) is 11.8. The van der Waals surface area contributed by atoms with Crippen LogP contribution >= 0.6 is 11.6 Å². The number of unbranched alkanes of at least 4 members (excludes halogenated alkanes) is 1. The highest BCUT2D eigenvalue weighted by Gasteiger charge is 2.44. The zero-order valence-electron chi connectivity index (χ0n) is 11.1. The van der Waals surface area contributed by atoms with E-state index in [1.165, 1.54) is 0 Å². The van der Waals surface area contributed by atoms with Gasteiger partial charge in [0.05, 0.1) is 12.2 Å². The predicted molar refractivity (Wildman–Crippen MR) is 73.8 cm³/mol. The lowest BCUT2D eigenvalue weighted by Gasteiger charge is -2.28. The van der Waals surface area contributed by atoms with Crippen LogP contribution in [-0.4, -0.2) is 18.1 Å². The van der Waals surface area contributed by atoms with E-state index in [1.54, 1.807) is 0 Å². The van der Waals surface area contributed by atoms with Gasteiger partial charge in [-0.15, -0.1) is 11.6 Å². The van der Waals surface area contributed by atoms with E-state index >= 15 is 0 Å². The molecule has 0 aromatic heterocycles. The van der Waals surface area contributed by atoms with Gasteiger partial charge in [-0.1, -0.05) is 30.3 Å². The summed E-state index contributed by atoms with van der Waals surface area (Å²) in [6, 6.07) is 10.2. The highest BCUT2D eigenvalue weighted by molar-refractivity contribution is 6.17. The van der Waals surface area contributed by atoms with Gasteiger partial charge in [0.2, 0.25) is 0 Å². The first-order valence-corrected chi connectivity index (χ1v) is 7.18. The molecule has 0 aliphatic carbocycles. The van der Waals surface area contributed by atoms with Crippen LogP contribution < -0.4 is 0 Å². The van der Waals surface area contributed by atoms with Gasteiger partial charge in [0.1, 0.15) is 0 Å². The van der Waals surface area contributed by atoms with E-state index in [9.17, 15) is 0 Å². The van der Waals surface area contributed by atoms with Crippen molar-refractivity contribution >= 4 is 11.6 Å². The number of rotatable bonds is 5. The number of halogens is 1. The van der Waals surface area contributed by atoms with Gasteiger partial charge in [-0.25, -0.2) is 0 Å². The molecule has 1 fully saturated rings. The Hall–Kier alpha value is -0.570. The third kappa shape index (κ3) is 2.87. The Morgan fingerprint density at radius 1 is 1.06 bits per heavy atom. The first-order chi connectivity index (χ1) is 8.68. The number of benzene rings is 1. The molecule has 2 nitrogen and oxygen atoms in total. The van der Waals surface area contributed by atoms with E-state index in [0.717, 1.165) is 24.8 Å². The Balaban J connectivity index is 2.18. The molecule has 2 unspecified atom stereocenters. The number of hydrogen-bond donors (Lipinski definition) is 0. The Labute approximate surface area is 114 Å². The minimum Gasteiger partial charge on any atom is -0.340 e. The van der Waals surface area contributed by atoms with Crippen molar-refractivity contribution < 1.29 is 9.47 Å². The van der Waals surface area contributed by atoms with Crippen molar-refractivity contribution in [1.82, 2.24) is 0 Å². The first kappa shape index (κ1) is 13.9.